The molecule has 0 spiro atoms. The molecule has 2 fully saturated rings. The Labute approximate surface area is 133 Å². The number of nitro groups is 1. The van der Waals surface area contributed by atoms with E-state index in [9.17, 15) is 10.1 Å². The molecule has 2 aliphatic rings. The highest BCUT2D eigenvalue weighted by atomic mass is 79.9. The zero-order valence-electron chi connectivity index (χ0n) is 12.1. The van der Waals surface area contributed by atoms with Crippen LogP contribution in [0.2, 0.25) is 0 Å². The average molecular weight is 353 g/mol. The minimum absolute atomic E-state index is 0.181. The molecule has 3 rings (SSSR count). The van der Waals surface area contributed by atoms with Crippen LogP contribution in [0.15, 0.2) is 18.2 Å². The van der Waals surface area contributed by atoms with Crippen LogP contribution in [0.1, 0.15) is 37.7 Å². The fourth-order valence-corrected chi connectivity index (χ4v) is 4.37. The number of hydrogen-bond donors (Lipinski definition) is 0. The minimum Gasteiger partial charge on any atom is -0.371 e. The van der Waals surface area contributed by atoms with Crippen LogP contribution in [0.25, 0.3) is 0 Å². The summed E-state index contributed by atoms with van der Waals surface area (Å²) in [7, 11) is 0. The van der Waals surface area contributed by atoms with Crippen LogP contribution >= 0.6 is 15.9 Å². The van der Waals surface area contributed by atoms with Gasteiger partial charge in [-0.2, -0.15) is 0 Å². The number of piperidine rings is 1. The molecule has 0 amide bonds. The van der Waals surface area contributed by atoms with E-state index in [4.69, 9.17) is 0 Å². The standard InChI is InChI=1S/C16H21BrN2O2/c17-10-14-9-15(19(20)21)5-6-16(14)18-8-7-12-3-1-2-4-13(12)11-18/h5-6,9,12-13H,1-4,7-8,10-11H2. The van der Waals surface area contributed by atoms with Crippen LogP contribution in [0.5, 0.6) is 0 Å². The molecule has 0 radical (unpaired) electrons. The summed E-state index contributed by atoms with van der Waals surface area (Å²) in [4.78, 5) is 13.0. The lowest BCUT2D eigenvalue weighted by molar-refractivity contribution is -0.384. The Morgan fingerprint density at radius 2 is 2.00 bits per heavy atom. The van der Waals surface area contributed by atoms with E-state index in [0.717, 1.165) is 30.5 Å². The lowest BCUT2D eigenvalue weighted by Gasteiger charge is -2.42. The van der Waals surface area contributed by atoms with Crippen LogP contribution in [0.4, 0.5) is 11.4 Å². The molecule has 2 atom stereocenters. The van der Waals surface area contributed by atoms with Crippen molar-refractivity contribution in [2.75, 3.05) is 18.0 Å². The first-order valence-corrected chi connectivity index (χ1v) is 8.89. The number of nitrogens with zero attached hydrogens (tertiary/aromatic N) is 2. The summed E-state index contributed by atoms with van der Waals surface area (Å²) in [5.41, 5.74) is 2.38. The number of fused-ring (bicyclic) bond motifs is 1. The molecule has 0 N–H and O–H groups in total. The highest BCUT2D eigenvalue weighted by Crippen LogP contribution is 2.39. The van der Waals surface area contributed by atoms with Crippen LogP contribution in [-0.2, 0) is 5.33 Å². The van der Waals surface area contributed by atoms with Gasteiger partial charge >= 0.3 is 0 Å². The largest absolute Gasteiger partial charge is 0.371 e. The van der Waals surface area contributed by atoms with Crippen LogP contribution in [0.3, 0.4) is 0 Å². The van der Waals surface area contributed by atoms with Gasteiger partial charge in [0.25, 0.3) is 5.69 Å². The average Bonchev–Trinajstić information content (AvgIpc) is 2.53. The molecule has 1 heterocycles. The van der Waals surface area contributed by atoms with Gasteiger partial charge in [0.2, 0.25) is 0 Å². The third-order valence-corrected chi connectivity index (χ3v) is 5.65. The Morgan fingerprint density at radius 1 is 1.24 bits per heavy atom. The molecule has 21 heavy (non-hydrogen) atoms. The minimum atomic E-state index is -0.316. The molecule has 0 aromatic heterocycles. The van der Waals surface area contributed by atoms with Gasteiger partial charge in [-0.1, -0.05) is 35.2 Å². The van der Waals surface area contributed by atoms with E-state index in [2.05, 4.69) is 20.8 Å². The number of nitro benzene ring substituents is 1. The van der Waals surface area contributed by atoms with Crippen molar-refractivity contribution in [1.82, 2.24) is 0 Å². The van der Waals surface area contributed by atoms with Gasteiger partial charge < -0.3 is 4.90 Å². The van der Waals surface area contributed by atoms with E-state index >= 15 is 0 Å². The first kappa shape index (κ1) is 14.8. The molecule has 114 valence electrons. The second-order valence-corrected chi connectivity index (χ2v) is 6.80. The van der Waals surface area contributed by atoms with Crippen molar-refractivity contribution in [2.24, 2.45) is 11.8 Å². The maximum Gasteiger partial charge on any atom is 0.269 e. The Morgan fingerprint density at radius 3 is 2.71 bits per heavy atom. The normalized spacial score (nSPS) is 25.5. The monoisotopic (exact) mass is 352 g/mol. The van der Waals surface area contributed by atoms with Crippen molar-refractivity contribution in [1.29, 1.82) is 0 Å². The molecule has 1 saturated heterocycles. The molecular weight excluding hydrogens is 332 g/mol. The summed E-state index contributed by atoms with van der Waals surface area (Å²) in [6.45, 7) is 2.20. The fraction of sp³-hybridized carbons (Fsp3) is 0.625. The van der Waals surface area contributed by atoms with Crippen molar-refractivity contribution in [2.45, 2.75) is 37.4 Å². The number of benzene rings is 1. The lowest BCUT2D eigenvalue weighted by atomic mass is 9.75. The second-order valence-electron chi connectivity index (χ2n) is 6.24. The molecule has 5 heteroatoms. The van der Waals surface area contributed by atoms with E-state index in [1.807, 2.05) is 6.07 Å². The third-order valence-electron chi connectivity index (χ3n) is 5.05. The number of halogens is 1. The Kier molecular flexibility index (Phi) is 4.48. The molecule has 1 saturated carbocycles. The molecule has 0 bridgehead atoms. The third kappa shape index (κ3) is 3.07. The number of anilines is 1. The highest BCUT2D eigenvalue weighted by Gasteiger charge is 2.31. The second kappa shape index (κ2) is 6.34. The first-order chi connectivity index (χ1) is 10.2. The van der Waals surface area contributed by atoms with Gasteiger partial charge in [-0.3, -0.25) is 10.1 Å². The molecule has 1 aliphatic carbocycles. The van der Waals surface area contributed by atoms with E-state index in [-0.39, 0.29) is 10.6 Å². The van der Waals surface area contributed by atoms with Gasteiger partial charge in [0.05, 0.1) is 4.92 Å². The highest BCUT2D eigenvalue weighted by molar-refractivity contribution is 9.08. The Balaban J connectivity index is 1.81. The predicted octanol–water partition coefficient (Wildman–Crippen LogP) is 4.51. The molecule has 2 unspecified atom stereocenters. The predicted molar refractivity (Wildman–Crippen MR) is 88.0 cm³/mol. The zero-order chi connectivity index (χ0) is 14.8. The fourth-order valence-electron chi connectivity index (χ4n) is 3.92. The number of non-ortho nitro benzene ring substituents is 1. The van der Waals surface area contributed by atoms with Gasteiger partial charge in [-0.15, -0.1) is 0 Å². The maximum absolute atomic E-state index is 10.9. The van der Waals surface area contributed by atoms with Gasteiger partial charge in [0.15, 0.2) is 0 Å². The molecule has 4 nitrogen and oxygen atoms in total. The number of hydrogen-bond acceptors (Lipinski definition) is 3. The van der Waals surface area contributed by atoms with Crippen molar-refractivity contribution < 1.29 is 4.92 Å². The summed E-state index contributed by atoms with van der Waals surface area (Å²) < 4.78 is 0. The van der Waals surface area contributed by atoms with Gasteiger partial charge in [0, 0.05) is 36.2 Å². The summed E-state index contributed by atoms with van der Waals surface area (Å²) >= 11 is 3.48. The molecular formula is C16H21BrN2O2. The van der Waals surface area contributed by atoms with E-state index < -0.39 is 0 Å². The van der Waals surface area contributed by atoms with Crippen LogP contribution < -0.4 is 4.90 Å². The summed E-state index contributed by atoms with van der Waals surface area (Å²) in [6, 6.07) is 5.27. The molecule has 1 aliphatic heterocycles. The van der Waals surface area contributed by atoms with Crippen molar-refractivity contribution >= 4 is 27.3 Å². The molecule has 1 aromatic rings. The lowest BCUT2D eigenvalue weighted by Crippen LogP contribution is -2.42. The SMILES string of the molecule is O=[N+]([O-])c1ccc(N2CCC3CCCCC3C2)c(CBr)c1. The quantitative estimate of drug-likeness (QED) is 0.456. The van der Waals surface area contributed by atoms with Crippen molar-refractivity contribution in [3.63, 3.8) is 0 Å². The van der Waals surface area contributed by atoms with E-state index in [0.29, 0.717) is 5.33 Å². The number of alkyl halides is 1. The van der Waals surface area contributed by atoms with E-state index in [1.165, 1.54) is 37.8 Å². The van der Waals surface area contributed by atoms with Crippen molar-refractivity contribution in [3.05, 3.63) is 33.9 Å². The van der Waals surface area contributed by atoms with Gasteiger partial charge in [0.1, 0.15) is 0 Å². The summed E-state index contributed by atoms with van der Waals surface area (Å²) in [5.74, 6) is 1.71. The smallest absolute Gasteiger partial charge is 0.269 e. The zero-order valence-corrected chi connectivity index (χ0v) is 13.7. The van der Waals surface area contributed by atoms with Crippen LogP contribution in [-0.4, -0.2) is 18.0 Å². The summed E-state index contributed by atoms with van der Waals surface area (Å²) in [6.07, 6.45) is 6.76. The van der Waals surface area contributed by atoms with E-state index in [1.54, 1.807) is 12.1 Å². The summed E-state index contributed by atoms with van der Waals surface area (Å²) in [5, 5.41) is 11.6. The van der Waals surface area contributed by atoms with Gasteiger partial charge in [-0.05, 0) is 36.3 Å². The Hall–Kier alpha value is -1.10. The van der Waals surface area contributed by atoms with Crippen molar-refractivity contribution in [3.8, 4) is 0 Å². The number of rotatable bonds is 3. The topological polar surface area (TPSA) is 46.4 Å². The Bertz CT molecular complexity index is 535. The van der Waals surface area contributed by atoms with Crippen LogP contribution in [0, 0.1) is 22.0 Å². The molecule has 1 aromatic carbocycles. The first-order valence-electron chi connectivity index (χ1n) is 7.77. The van der Waals surface area contributed by atoms with Gasteiger partial charge in [-0.25, -0.2) is 0 Å². The maximum atomic E-state index is 10.9.